The molecule has 0 fully saturated rings. The first-order valence-corrected chi connectivity index (χ1v) is 4.07. The Balaban J connectivity index is 2.33. The van der Waals surface area contributed by atoms with E-state index in [2.05, 4.69) is 10.3 Å². The molecule has 0 aliphatic carbocycles. The molecule has 0 atom stereocenters. The van der Waals surface area contributed by atoms with Gasteiger partial charge in [-0.3, -0.25) is 10.3 Å². The van der Waals surface area contributed by atoms with Crippen molar-refractivity contribution in [2.45, 2.75) is 0 Å². The van der Waals surface area contributed by atoms with E-state index in [0.717, 1.165) is 30.2 Å². The van der Waals surface area contributed by atoms with Gasteiger partial charge in [0.1, 0.15) is 13.1 Å². The lowest BCUT2D eigenvalue weighted by atomic mass is 10.2. The van der Waals surface area contributed by atoms with Gasteiger partial charge in [-0.15, -0.1) is 0 Å². The number of nitrogens with two attached hydrogens (primary N) is 1. The second kappa shape index (κ2) is 2.85. The molecule has 0 saturated carbocycles. The molecule has 0 aromatic heterocycles. The Labute approximate surface area is 71.3 Å². The minimum Gasteiger partial charge on any atom is -0.399 e. The second-order valence-corrected chi connectivity index (χ2v) is 2.85. The molecule has 1 heterocycles. The quantitative estimate of drug-likeness (QED) is 0.450. The normalized spacial score (nSPS) is 15.5. The number of hydrogen-bond donors (Lipinski definition) is 3. The smallest absolute Gasteiger partial charge is 0.275 e. The summed E-state index contributed by atoms with van der Waals surface area (Å²) in [5, 5.41) is 3.25. The molecule has 2 rings (SSSR count). The Morgan fingerprint density at radius 2 is 2.33 bits per heavy atom. The van der Waals surface area contributed by atoms with E-state index in [4.69, 9.17) is 5.73 Å². The summed E-state index contributed by atoms with van der Waals surface area (Å²) in [5.74, 6) is 1.09. The molecule has 0 unspecified atom stereocenters. The van der Waals surface area contributed by atoms with E-state index >= 15 is 0 Å². The van der Waals surface area contributed by atoms with E-state index < -0.39 is 0 Å². The van der Waals surface area contributed by atoms with Crippen molar-refractivity contribution in [3.63, 3.8) is 0 Å². The highest BCUT2D eigenvalue weighted by molar-refractivity contribution is 5.95. The van der Waals surface area contributed by atoms with Crippen LogP contribution in [0.15, 0.2) is 24.3 Å². The molecule has 1 aromatic rings. The summed E-state index contributed by atoms with van der Waals surface area (Å²) in [4.78, 5) is 3.25. The van der Waals surface area contributed by atoms with Gasteiger partial charge in [0.15, 0.2) is 0 Å². The molecule has 62 valence electrons. The molecular formula is C9H12N3+. The molecular weight excluding hydrogens is 150 g/mol. The maximum absolute atomic E-state index is 5.66. The van der Waals surface area contributed by atoms with E-state index in [1.807, 2.05) is 24.3 Å². The van der Waals surface area contributed by atoms with Crippen LogP contribution in [0.25, 0.3) is 0 Å². The summed E-state index contributed by atoms with van der Waals surface area (Å²) in [5.41, 5.74) is 7.59. The molecule has 1 aliphatic heterocycles. The number of benzene rings is 1. The molecule has 0 amide bonds. The highest BCUT2D eigenvalue weighted by atomic mass is 15.1. The lowest BCUT2D eigenvalue weighted by molar-refractivity contribution is -0.444. The van der Waals surface area contributed by atoms with Crippen molar-refractivity contribution < 1.29 is 4.99 Å². The Morgan fingerprint density at radius 3 is 3.00 bits per heavy atom. The van der Waals surface area contributed by atoms with Crippen LogP contribution in [0.3, 0.4) is 0 Å². The topological polar surface area (TPSA) is 52.0 Å². The first kappa shape index (κ1) is 7.16. The van der Waals surface area contributed by atoms with E-state index in [1.165, 1.54) is 0 Å². The van der Waals surface area contributed by atoms with Crippen molar-refractivity contribution >= 4 is 11.5 Å². The van der Waals surface area contributed by atoms with E-state index in [-0.39, 0.29) is 0 Å². The largest absolute Gasteiger partial charge is 0.399 e. The second-order valence-electron chi connectivity index (χ2n) is 2.85. The number of nitrogen functional groups attached to an aromatic ring is 1. The van der Waals surface area contributed by atoms with Crippen LogP contribution < -0.4 is 16.0 Å². The van der Waals surface area contributed by atoms with Crippen LogP contribution in [-0.2, 0) is 0 Å². The predicted octanol–water partition coefficient (Wildman–Crippen LogP) is -1.30. The van der Waals surface area contributed by atoms with Crippen molar-refractivity contribution in [2.24, 2.45) is 0 Å². The lowest BCUT2D eigenvalue weighted by Crippen LogP contribution is -2.70. The van der Waals surface area contributed by atoms with Crippen molar-refractivity contribution in [1.82, 2.24) is 5.32 Å². The lowest BCUT2D eigenvalue weighted by Gasteiger charge is -1.96. The summed E-state index contributed by atoms with van der Waals surface area (Å²) < 4.78 is 0. The summed E-state index contributed by atoms with van der Waals surface area (Å²) in [6.07, 6.45) is 0. The van der Waals surface area contributed by atoms with Gasteiger partial charge in [0.05, 0.1) is 5.56 Å². The Bertz CT molecular complexity index is 317. The average molecular weight is 162 g/mol. The molecule has 3 heteroatoms. The Morgan fingerprint density at radius 1 is 1.42 bits per heavy atom. The van der Waals surface area contributed by atoms with Crippen LogP contribution in [0.5, 0.6) is 0 Å². The number of amidine groups is 1. The van der Waals surface area contributed by atoms with Crippen LogP contribution in [0.4, 0.5) is 5.69 Å². The van der Waals surface area contributed by atoms with Gasteiger partial charge in [0, 0.05) is 5.69 Å². The summed E-state index contributed by atoms with van der Waals surface area (Å²) in [6.45, 7) is 1.98. The zero-order valence-corrected chi connectivity index (χ0v) is 6.80. The van der Waals surface area contributed by atoms with Gasteiger partial charge in [-0.2, -0.15) is 0 Å². The molecule has 4 N–H and O–H groups in total. The van der Waals surface area contributed by atoms with Crippen LogP contribution in [0.1, 0.15) is 5.56 Å². The minimum absolute atomic E-state index is 0.801. The third-order valence-electron chi connectivity index (χ3n) is 1.90. The first-order valence-electron chi connectivity index (χ1n) is 4.07. The molecule has 0 saturated heterocycles. The molecule has 12 heavy (non-hydrogen) atoms. The number of nitrogens with one attached hydrogen (secondary N) is 2. The zero-order chi connectivity index (χ0) is 8.39. The van der Waals surface area contributed by atoms with Crippen molar-refractivity contribution in [2.75, 3.05) is 18.8 Å². The van der Waals surface area contributed by atoms with Crippen LogP contribution in [0.2, 0.25) is 0 Å². The fourth-order valence-electron chi connectivity index (χ4n) is 1.34. The van der Waals surface area contributed by atoms with Gasteiger partial charge in [-0.25, -0.2) is 0 Å². The van der Waals surface area contributed by atoms with E-state index in [0.29, 0.717) is 0 Å². The van der Waals surface area contributed by atoms with E-state index in [9.17, 15) is 0 Å². The third-order valence-corrected chi connectivity index (χ3v) is 1.90. The highest BCUT2D eigenvalue weighted by Gasteiger charge is 2.13. The monoisotopic (exact) mass is 162 g/mol. The van der Waals surface area contributed by atoms with Gasteiger partial charge < -0.3 is 5.73 Å². The summed E-state index contributed by atoms with van der Waals surface area (Å²) in [6, 6.07) is 7.84. The molecule has 0 spiro atoms. The van der Waals surface area contributed by atoms with Crippen molar-refractivity contribution in [1.29, 1.82) is 0 Å². The maximum Gasteiger partial charge on any atom is 0.275 e. The number of anilines is 1. The Hall–Kier alpha value is -1.51. The van der Waals surface area contributed by atoms with Crippen LogP contribution in [0, 0.1) is 0 Å². The third kappa shape index (κ3) is 1.25. The average Bonchev–Trinajstić information content (AvgIpc) is 2.56. The molecule has 0 radical (unpaired) electrons. The fraction of sp³-hybridized carbons (Fsp3) is 0.222. The maximum atomic E-state index is 5.66. The molecule has 3 nitrogen and oxygen atoms in total. The zero-order valence-electron chi connectivity index (χ0n) is 6.80. The van der Waals surface area contributed by atoms with Gasteiger partial charge in [0.25, 0.3) is 5.84 Å². The standard InChI is InChI=1S/C9H11N3/c10-8-3-1-2-7(6-8)9-11-4-5-12-9/h1-3,6H,4-5,10H2,(H,11,12)/p+1. The van der Waals surface area contributed by atoms with Crippen LogP contribution in [-0.4, -0.2) is 18.9 Å². The molecule has 1 aliphatic rings. The molecule has 1 aromatic carbocycles. The summed E-state index contributed by atoms with van der Waals surface area (Å²) in [7, 11) is 0. The van der Waals surface area contributed by atoms with Gasteiger partial charge in [-0.1, -0.05) is 6.07 Å². The Kier molecular flexibility index (Phi) is 1.70. The SMILES string of the molecule is Nc1cccc(C2=[NH+]CCN2)c1. The highest BCUT2D eigenvalue weighted by Crippen LogP contribution is 2.05. The fourth-order valence-corrected chi connectivity index (χ4v) is 1.34. The van der Waals surface area contributed by atoms with Crippen LogP contribution >= 0.6 is 0 Å². The van der Waals surface area contributed by atoms with E-state index in [1.54, 1.807) is 0 Å². The van der Waals surface area contributed by atoms with Crippen molar-refractivity contribution in [3.05, 3.63) is 29.8 Å². The first-order chi connectivity index (χ1) is 5.86. The predicted molar refractivity (Wildman–Crippen MR) is 48.8 cm³/mol. The molecule has 0 bridgehead atoms. The van der Waals surface area contributed by atoms with Crippen molar-refractivity contribution in [3.8, 4) is 0 Å². The minimum atomic E-state index is 0.801. The number of hydrogen-bond acceptors (Lipinski definition) is 2. The van der Waals surface area contributed by atoms with Gasteiger partial charge in [-0.05, 0) is 18.2 Å². The van der Waals surface area contributed by atoms with Gasteiger partial charge in [0.2, 0.25) is 0 Å². The number of rotatable bonds is 1. The summed E-state index contributed by atoms with van der Waals surface area (Å²) >= 11 is 0. The van der Waals surface area contributed by atoms with Gasteiger partial charge >= 0.3 is 0 Å².